The first-order chi connectivity index (χ1) is 13.0. The fourth-order valence-electron chi connectivity index (χ4n) is 3.38. The van der Waals surface area contributed by atoms with Crippen molar-refractivity contribution in [2.45, 2.75) is 13.8 Å². The fraction of sp³-hybridized carbons (Fsp3) is 0.190. The van der Waals surface area contributed by atoms with Crippen LogP contribution in [0.4, 0.5) is 5.82 Å². The molecule has 6 heteroatoms. The van der Waals surface area contributed by atoms with E-state index in [1.54, 1.807) is 14.2 Å². The highest BCUT2D eigenvalue weighted by atomic mass is 16.5. The van der Waals surface area contributed by atoms with Gasteiger partial charge in [-0.2, -0.15) is 10.5 Å². The summed E-state index contributed by atoms with van der Waals surface area (Å²) < 4.78 is 10.9. The van der Waals surface area contributed by atoms with E-state index in [1.807, 2.05) is 38.1 Å². The van der Waals surface area contributed by atoms with E-state index >= 15 is 0 Å². The van der Waals surface area contributed by atoms with Gasteiger partial charge in [0.2, 0.25) is 0 Å². The molecule has 2 aromatic rings. The van der Waals surface area contributed by atoms with Crippen LogP contribution in [0.2, 0.25) is 0 Å². The normalized spacial score (nSPS) is 13.9. The van der Waals surface area contributed by atoms with Crippen molar-refractivity contribution in [2.75, 3.05) is 20.0 Å². The van der Waals surface area contributed by atoms with Gasteiger partial charge >= 0.3 is 0 Å². The number of nitrogen functional groups attached to an aromatic ring is 1. The lowest BCUT2D eigenvalue weighted by Crippen LogP contribution is -2.03. The van der Waals surface area contributed by atoms with Crippen molar-refractivity contribution in [1.29, 1.82) is 10.5 Å². The van der Waals surface area contributed by atoms with Gasteiger partial charge in [-0.1, -0.05) is 12.1 Å². The average Bonchev–Trinajstić information content (AvgIpc) is 2.92. The zero-order valence-electron chi connectivity index (χ0n) is 15.5. The van der Waals surface area contributed by atoms with Crippen molar-refractivity contribution < 1.29 is 9.47 Å². The summed E-state index contributed by atoms with van der Waals surface area (Å²) in [5.74, 6) is 1.33. The van der Waals surface area contributed by atoms with Crippen LogP contribution in [0.3, 0.4) is 0 Å². The molecule has 1 heterocycles. The quantitative estimate of drug-likeness (QED) is 0.896. The van der Waals surface area contributed by atoms with Crippen molar-refractivity contribution in [3.8, 4) is 23.6 Å². The molecule has 27 heavy (non-hydrogen) atoms. The van der Waals surface area contributed by atoms with Crippen LogP contribution in [0.5, 0.6) is 11.5 Å². The number of ether oxygens (including phenoxy) is 2. The van der Waals surface area contributed by atoms with E-state index in [0.29, 0.717) is 33.9 Å². The summed E-state index contributed by atoms with van der Waals surface area (Å²) in [6, 6.07) is 9.89. The predicted molar refractivity (Wildman–Crippen MR) is 104 cm³/mol. The van der Waals surface area contributed by atoms with Gasteiger partial charge in [0.25, 0.3) is 0 Å². The van der Waals surface area contributed by atoms with Gasteiger partial charge in [0, 0.05) is 11.1 Å². The van der Waals surface area contributed by atoms with Gasteiger partial charge in [0.1, 0.15) is 18.0 Å². The number of benzene rings is 1. The second kappa shape index (κ2) is 6.86. The first kappa shape index (κ1) is 18.0. The van der Waals surface area contributed by atoms with Gasteiger partial charge in [-0.05, 0) is 42.7 Å². The minimum absolute atomic E-state index is 0.134. The highest BCUT2D eigenvalue weighted by Crippen LogP contribution is 2.45. The number of hydrogen-bond donors (Lipinski definition) is 1. The number of para-hydroxylation sites is 1. The molecular weight excluding hydrogens is 340 g/mol. The lowest BCUT2D eigenvalue weighted by atomic mass is 9.95. The molecule has 6 nitrogen and oxygen atoms in total. The lowest BCUT2D eigenvalue weighted by Gasteiger charge is -2.13. The number of pyridine rings is 1. The van der Waals surface area contributed by atoms with Crippen molar-refractivity contribution in [3.63, 3.8) is 0 Å². The molecule has 2 N–H and O–H groups in total. The molecule has 0 fully saturated rings. The Morgan fingerprint density at radius 1 is 1.11 bits per heavy atom. The molecule has 134 valence electrons. The summed E-state index contributed by atoms with van der Waals surface area (Å²) in [5, 5.41) is 19.1. The molecule has 0 amide bonds. The molecule has 0 saturated carbocycles. The highest BCUT2D eigenvalue weighted by Gasteiger charge is 2.30. The SMILES string of the molecule is COc1cccc(/C=C2/C(C)=C(C#N)c3nc(N)c(C#N)c(C)c32)c1OC. The summed E-state index contributed by atoms with van der Waals surface area (Å²) >= 11 is 0. The Morgan fingerprint density at radius 2 is 1.85 bits per heavy atom. The number of rotatable bonds is 3. The molecule has 1 aliphatic rings. The van der Waals surface area contributed by atoms with Gasteiger partial charge < -0.3 is 15.2 Å². The number of nitriles is 2. The van der Waals surface area contributed by atoms with E-state index in [4.69, 9.17) is 15.2 Å². The van der Waals surface area contributed by atoms with E-state index in [0.717, 1.165) is 22.3 Å². The van der Waals surface area contributed by atoms with Crippen LogP contribution < -0.4 is 15.2 Å². The first-order valence-electron chi connectivity index (χ1n) is 8.23. The number of methoxy groups -OCH3 is 2. The summed E-state index contributed by atoms with van der Waals surface area (Å²) in [6.45, 7) is 3.68. The van der Waals surface area contributed by atoms with Gasteiger partial charge in [-0.25, -0.2) is 4.98 Å². The molecule has 1 aromatic carbocycles. The minimum atomic E-state index is 0.134. The molecule has 0 unspecified atom stereocenters. The van der Waals surface area contributed by atoms with Crippen molar-refractivity contribution in [1.82, 2.24) is 4.98 Å². The average molecular weight is 358 g/mol. The first-order valence-corrected chi connectivity index (χ1v) is 8.23. The van der Waals surface area contributed by atoms with Crippen LogP contribution in [-0.4, -0.2) is 19.2 Å². The molecular formula is C21H18N4O2. The number of nitrogens with zero attached hydrogens (tertiary/aromatic N) is 3. The smallest absolute Gasteiger partial charge is 0.167 e. The molecule has 0 radical (unpaired) electrons. The summed E-state index contributed by atoms with van der Waals surface area (Å²) in [7, 11) is 3.15. The summed E-state index contributed by atoms with van der Waals surface area (Å²) in [5.41, 5.74) is 11.1. The van der Waals surface area contributed by atoms with Crippen LogP contribution in [-0.2, 0) is 0 Å². The van der Waals surface area contributed by atoms with E-state index in [9.17, 15) is 10.5 Å². The van der Waals surface area contributed by atoms with E-state index in [1.165, 1.54) is 0 Å². The van der Waals surface area contributed by atoms with Gasteiger partial charge in [-0.3, -0.25) is 0 Å². The third kappa shape index (κ3) is 2.68. The van der Waals surface area contributed by atoms with Crippen LogP contribution in [0.15, 0.2) is 23.8 Å². The molecule has 0 bridgehead atoms. The predicted octanol–water partition coefficient (Wildman–Crippen LogP) is 3.71. The maximum absolute atomic E-state index is 9.63. The van der Waals surface area contributed by atoms with E-state index in [-0.39, 0.29) is 5.82 Å². The van der Waals surface area contributed by atoms with Crippen LogP contribution in [0.25, 0.3) is 17.2 Å². The van der Waals surface area contributed by atoms with Gasteiger partial charge in [0.15, 0.2) is 11.5 Å². The van der Waals surface area contributed by atoms with E-state index in [2.05, 4.69) is 17.1 Å². The number of anilines is 1. The maximum Gasteiger partial charge on any atom is 0.167 e. The second-order valence-corrected chi connectivity index (χ2v) is 6.09. The third-order valence-corrected chi connectivity index (χ3v) is 4.72. The van der Waals surface area contributed by atoms with Crippen LogP contribution in [0, 0.1) is 29.6 Å². The minimum Gasteiger partial charge on any atom is -0.493 e. The number of aromatic nitrogens is 1. The Bertz CT molecular complexity index is 1100. The highest BCUT2D eigenvalue weighted by molar-refractivity contribution is 6.09. The number of fused-ring (bicyclic) bond motifs is 1. The number of hydrogen-bond acceptors (Lipinski definition) is 6. The largest absolute Gasteiger partial charge is 0.493 e. The number of allylic oxidation sites excluding steroid dienone is 3. The Morgan fingerprint density at radius 3 is 2.44 bits per heavy atom. The molecule has 0 spiro atoms. The fourth-order valence-corrected chi connectivity index (χ4v) is 3.38. The Kier molecular flexibility index (Phi) is 4.58. The Labute approximate surface area is 157 Å². The van der Waals surface area contributed by atoms with Crippen LogP contribution in [0.1, 0.15) is 34.9 Å². The van der Waals surface area contributed by atoms with Gasteiger partial charge in [-0.15, -0.1) is 0 Å². The van der Waals surface area contributed by atoms with E-state index < -0.39 is 0 Å². The Hall–Kier alpha value is -3.77. The molecule has 0 aliphatic heterocycles. The molecule has 1 aliphatic carbocycles. The topological polar surface area (TPSA) is 105 Å². The standard InChI is InChI=1S/C21H18N4O2/c1-11-14(8-13-6-5-7-17(26-3)20(13)27-4)18-12(2)16(10-23)21(24)25-19(18)15(11)9-22/h5-8H,1-4H3,(H2,24,25)/b14-8-. The van der Waals surface area contributed by atoms with Gasteiger partial charge in [0.05, 0.1) is 31.1 Å². The molecule has 0 atom stereocenters. The Balaban J connectivity index is 2.35. The van der Waals surface area contributed by atoms with Crippen molar-refractivity contribution in [2.24, 2.45) is 0 Å². The van der Waals surface area contributed by atoms with Crippen LogP contribution >= 0.6 is 0 Å². The molecule has 0 saturated heterocycles. The third-order valence-electron chi connectivity index (χ3n) is 4.72. The summed E-state index contributed by atoms with van der Waals surface area (Å²) in [4.78, 5) is 4.33. The number of nitrogens with two attached hydrogens (primary N) is 1. The molecule has 1 aromatic heterocycles. The second-order valence-electron chi connectivity index (χ2n) is 6.09. The zero-order chi connectivity index (χ0) is 19.7. The maximum atomic E-state index is 9.63. The monoisotopic (exact) mass is 358 g/mol. The van der Waals surface area contributed by atoms with Crippen molar-refractivity contribution in [3.05, 3.63) is 51.7 Å². The zero-order valence-corrected chi connectivity index (χ0v) is 15.5. The molecule has 3 rings (SSSR count). The lowest BCUT2D eigenvalue weighted by molar-refractivity contribution is 0.354. The summed E-state index contributed by atoms with van der Waals surface area (Å²) in [6.07, 6.45) is 1.92. The van der Waals surface area contributed by atoms with Crippen molar-refractivity contribution >= 4 is 23.0 Å².